The summed E-state index contributed by atoms with van der Waals surface area (Å²) >= 11 is 0. The molecule has 64 heavy (non-hydrogen) atoms. The quantitative estimate of drug-likeness (QED) is 0.0268. The number of phosphoric acid groups is 1. The number of unbranched alkanes of at least 4 members (excludes halogenated alkanes) is 22. The van der Waals surface area contributed by atoms with E-state index in [0.717, 1.165) is 83.5 Å². The van der Waals surface area contributed by atoms with E-state index in [1.807, 2.05) is 0 Å². The maximum absolute atomic E-state index is 12.7. The molecule has 0 aliphatic rings. The number of ether oxygens (including phenoxy) is 2. The number of hydrogen-bond acceptors (Lipinski definition) is 7. The monoisotopic (exact) mass is 916 g/mol. The Morgan fingerprint density at radius 1 is 0.484 bits per heavy atom. The van der Waals surface area contributed by atoms with E-state index in [0.29, 0.717) is 13.0 Å². The minimum absolute atomic E-state index is 0.0943. The molecule has 0 saturated carbocycles. The number of carbonyl (C=O) groups excluding carboxylic acids is 1. The molecule has 0 spiro atoms. The van der Waals surface area contributed by atoms with Crippen LogP contribution in [0, 0.1) is 0 Å². The number of esters is 1. The first-order valence-electron chi connectivity index (χ1n) is 26.1. The summed E-state index contributed by atoms with van der Waals surface area (Å²) in [6.07, 6.45) is 67.6. The van der Waals surface area contributed by atoms with Gasteiger partial charge in [-0.3, -0.25) is 13.8 Å². The molecule has 0 bridgehead atoms. The van der Waals surface area contributed by atoms with Crippen LogP contribution in [0.3, 0.4) is 0 Å². The number of nitrogens with two attached hydrogens (primary N) is 1. The molecule has 0 rings (SSSR count). The lowest BCUT2D eigenvalue weighted by molar-refractivity contribution is -0.154. The van der Waals surface area contributed by atoms with Crippen LogP contribution in [0.1, 0.15) is 219 Å². The normalized spacial score (nSPS) is 14.0. The Morgan fingerprint density at radius 2 is 0.875 bits per heavy atom. The lowest BCUT2D eigenvalue weighted by Gasteiger charge is -2.20. The summed E-state index contributed by atoms with van der Waals surface area (Å²) in [6.45, 7) is 4.78. The molecular formula is C55H98NO7P. The van der Waals surface area contributed by atoms with Gasteiger partial charge in [0.15, 0.2) is 0 Å². The van der Waals surface area contributed by atoms with Gasteiger partial charge in [-0.25, -0.2) is 4.57 Å². The molecule has 9 heteroatoms. The van der Waals surface area contributed by atoms with Crippen LogP contribution in [0.5, 0.6) is 0 Å². The van der Waals surface area contributed by atoms with Gasteiger partial charge in [0.05, 0.1) is 19.8 Å². The number of carbonyl (C=O) groups is 1. The molecule has 3 N–H and O–H groups in total. The average Bonchev–Trinajstić information content (AvgIpc) is 3.29. The van der Waals surface area contributed by atoms with Crippen LogP contribution < -0.4 is 5.73 Å². The fourth-order valence-corrected chi connectivity index (χ4v) is 7.76. The Hall–Kier alpha value is -2.32. The molecule has 0 fully saturated rings. The molecular weight excluding hydrogens is 818 g/mol. The summed E-state index contributed by atoms with van der Waals surface area (Å²) in [7, 11) is -4.29. The van der Waals surface area contributed by atoms with Crippen molar-refractivity contribution in [2.75, 3.05) is 33.0 Å². The highest BCUT2D eigenvalue weighted by molar-refractivity contribution is 7.47. The largest absolute Gasteiger partial charge is 0.472 e. The van der Waals surface area contributed by atoms with Crippen molar-refractivity contribution >= 4 is 13.8 Å². The van der Waals surface area contributed by atoms with E-state index in [4.69, 9.17) is 24.3 Å². The first kappa shape index (κ1) is 61.7. The summed E-state index contributed by atoms with van der Waals surface area (Å²) in [5.41, 5.74) is 5.39. The van der Waals surface area contributed by atoms with Crippen LogP contribution in [0.25, 0.3) is 0 Å². The van der Waals surface area contributed by atoms with E-state index in [2.05, 4.69) is 98.9 Å². The van der Waals surface area contributed by atoms with Crippen LogP contribution in [0.4, 0.5) is 0 Å². The third-order valence-corrected chi connectivity index (χ3v) is 11.8. The molecule has 0 heterocycles. The number of hydrogen-bond donors (Lipinski definition) is 2. The van der Waals surface area contributed by atoms with E-state index in [1.54, 1.807) is 0 Å². The molecule has 0 saturated heterocycles. The Bertz CT molecular complexity index is 1260. The van der Waals surface area contributed by atoms with Crippen LogP contribution >= 0.6 is 7.82 Å². The van der Waals surface area contributed by atoms with Gasteiger partial charge in [-0.2, -0.15) is 0 Å². The minimum atomic E-state index is -4.29. The highest BCUT2D eigenvalue weighted by Gasteiger charge is 2.25. The number of rotatable bonds is 49. The molecule has 0 aliphatic carbocycles. The molecule has 0 aromatic heterocycles. The summed E-state index contributed by atoms with van der Waals surface area (Å²) in [4.78, 5) is 22.6. The molecule has 2 atom stereocenters. The van der Waals surface area contributed by atoms with Gasteiger partial charge >= 0.3 is 13.8 Å². The molecule has 370 valence electrons. The maximum Gasteiger partial charge on any atom is 0.472 e. The van der Waals surface area contributed by atoms with Crippen LogP contribution in [0.15, 0.2) is 85.1 Å². The van der Waals surface area contributed by atoms with Gasteiger partial charge in [-0.1, -0.05) is 208 Å². The van der Waals surface area contributed by atoms with Crippen molar-refractivity contribution < 1.29 is 32.8 Å². The van der Waals surface area contributed by atoms with Gasteiger partial charge in [0.2, 0.25) is 0 Å². The average molecular weight is 916 g/mol. The predicted molar refractivity (Wildman–Crippen MR) is 275 cm³/mol. The van der Waals surface area contributed by atoms with Gasteiger partial charge < -0.3 is 20.1 Å². The third-order valence-electron chi connectivity index (χ3n) is 10.8. The fourth-order valence-electron chi connectivity index (χ4n) is 7.00. The zero-order chi connectivity index (χ0) is 46.5. The highest BCUT2D eigenvalue weighted by Crippen LogP contribution is 2.43. The predicted octanol–water partition coefficient (Wildman–Crippen LogP) is 16.4. The van der Waals surface area contributed by atoms with Crippen molar-refractivity contribution in [2.24, 2.45) is 5.73 Å². The van der Waals surface area contributed by atoms with Crippen molar-refractivity contribution in [2.45, 2.75) is 225 Å². The van der Waals surface area contributed by atoms with Gasteiger partial charge in [-0.05, 0) is 89.9 Å². The smallest absolute Gasteiger partial charge is 0.457 e. The van der Waals surface area contributed by atoms with Crippen LogP contribution in [-0.2, 0) is 27.9 Å². The van der Waals surface area contributed by atoms with Crippen molar-refractivity contribution in [1.82, 2.24) is 0 Å². The standard InChI is InChI=1S/C55H98NO7P/c1-3-5-7-9-11-13-15-17-19-21-23-24-25-26-27-28-29-31-33-35-37-39-41-43-45-47-50-60-52-54(53-62-64(58,59)61-51-49-56)63-55(57)48-46-44-42-40-38-36-34-32-30-22-20-18-16-14-12-10-8-6-4-2/h5,7,11,13,17-20,23-24,26-27,29,31,54H,3-4,6,8-10,12,14-16,21-22,25,28,30,32-53,56H2,1-2H3,(H,58,59)/b7-5-,13-11-,19-17-,20-18-,24-23-,27-26-,31-29-. The summed E-state index contributed by atoms with van der Waals surface area (Å²) in [5, 5.41) is 0. The van der Waals surface area contributed by atoms with Gasteiger partial charge in [-0.15, -0.1) is 0 Å². The van der Waals surface area contributed by atoms with Gasteiger partial charge in [0.1, 0.15) is 6.10 Å². The Balaban J connectivity index is 3.99. The number of allylic oxidation sites excluding steroid dienone is 14. The van der Waals surface area contributed by atoms with E-state index < -0.39 is 13.9 Å². The third kappa shape index (κ3) is 50.7. The van der Waals surface area contributed by atoms with Crippen LogP contribution in [0.2, 0.25) is 0 Å². The van der Waals surface area contributed by atoms with E-state index in [9.17, 15) is 14.3 Å². The first-order valence-corrected chi connectivity index (χ1v) is 27.6. The second-order valence-electron chi connectivity index (χ2n) is 17.0. The van der Waals surface area contributed by atoms with Crippen molar-refractivity contribution in [3.8, 4) is 0 Å². The SMILES string of the molecule is CC/C=C\C/C=C\C/C=C\C/C=C\C/C=C\C/C=C\CCCCCCCCCOCC(COP(=O)(O)OCCN)OC(=O)CCCCCCCCCCC/C=C\CCCCCCCC. The van der Waals surface area contributed by atoms with E-state index in [1.165, 1.54) is 116 Å². The molecule has 0 aliphatic heterocycles. The molecule has 0 radical (unpaired) electrons. The second kappa shape index (κ2) is 51.7. The lowest BCUT2D eigenvalue weighted by atomic mass is 10.1. The summed E-state index contributed by atoms with van der Waals surface area (Å²) in [6, 6.07) is 0. The topological polar surface area (TPSA) is 117 Å². The molecule has 0 amide bonds. The zero-order valence-electron chi connectivity index (χ0n) is 41.2. The summed E-state index contributed by atoms with van der Waals surface area (Å²) < 4.78 is 33.6. The van der Waals surface area contributed by atoms with E-state index in [-0.39, 0.29) is 32.3 Å². The van der Waals surface area contributed by atoms with Gasteiger partial charge in [0.25, 0.3) is 0 Å². The zero-order valence-corrected chi connectivity index (χ0v) is 42.1. The van der Waals surface area contributed by atoms with Crippen LogP contribution in [-0.4, -0.2) is 49.9 Å². The van der Waals surface area contributed by atoms with E-state index >= 15 is 0 Å². The molecule has 0 aromatic rings. The molecule has 0 aromatic carbocycles. The lowest BCUT2D eigenvalue weighted by Crippen LogP contribution is -2.28. The highest BCUT2D eigenvalue weighted by atomic mass is 31.2. The Labute approximate surface area is 394 Å². The van der Waals surface area contributed by atoms with Crippen molar-refractivity contribution in [3.05, 3.63) is 85.1 Å². The van der Waals surface area contributed by atoms with Crippen molar-refractivity contribution in [3.63, 3.8) is 0 Å². The Kier molecular flexibility index (Phi) is 49.8. The summed E-state index contributed by atoms with van der Waals surface area (Å²) in [5.74, 6) is -0.338. The van der Waals surface area contributed by atoms with Crippen molar-refractivity contribution in [1.29, 1.82) is 0 Å². The number of phosphoric ester groups is 1. The second-order valence-corrected chi connectivity index (χ2v) is 18.5. The first-order chi connectivity index (χ1) is 31.4. The minimum Gasteiger partial charge on any atom is -0.457 e. The van der Waals surface area contributed by atoms with Gasteiger partial charge in [0, 0.05) is 19.6 Å². The molecule has 8 nitrogen and oxygen atoms in total. The fraction of sp³-hybridized carbons (Fsp3) is 0.727. The Morgan fingerprint density at radius 3 is 1.33 bits per heavy atom. The molecule has 2 unspecified atom stereocenters. The maximum atomic E-state index is 12.7.